The molecule has 0 saturated carbocycles. The molecule has 1 saturated heterocycles. The van der Waals surface area contributed by atoms with Crippen molar-refractivity contribution in [1.82, 2.24) is 10.0 Å². The SMILES string of the molecule is CS(=O)(=O)NCc1ccccc1-c1ccc(N2CCC[C@@H](NC(=O)Nc3ccc(Cl)cc3F)C2=O)cc1. The predicted octanol–water partition coefficient (Wildman–Crippen LogP) is 4.51. The molecule has 3 aromatic carbocycles. The molecule has 8 nitrogen and oxygen atoms in total. The molecule has 0 unspecified atom stereocenters. The summed E-state index contributed by atoms with van der Waals surface area (Å²) < 4.78 is 39.5. The molecule has 1 fully saturated rings. The van der Waals surface area contributed by atoms with Gasteiger partial charge < -0.3 is 15.5 Å². The van der Waals surface area contributed by atoms with Crippen LogP contribution in [0.2, 0.25) is 5.02 Å². The first kappa shape index (κ1) is 26.6. The average molecular weight is 545 g/mol. The summed E-state index contributed by atoms with van der Waals surface area (Å²) in [4.78, 5) is 27.2. The van der Waals surface area contributed by atoms with E-state index in [9.17, 15) is 22.4 Å². The Morgan fingerprint density at radius 1 is 1.11 bits per heavy atom. The van der Waals surface area contributed by atoms with E-state index in [4.69, 9.17) is 11.6 Å². The van der Waals surface area contributed by atoms with E-state index in [1.54, 1.807) is 4.90 Å². The highest BCUT2D eigenvalue weighted by molar-refractivity contribution is 7.88. The standard InChI is InChI=1S/C26H26ClFN4O4S/c1-37(35,36)29-16-18-5-2-3-6-21(18)17-8-11-20(12-9-17)32-14-4-7-24(25(32)33)31-26(34)30-23-13-10-19(27)15-22(23)28/h2-3,5-6,8-13,15,24,29H,4,7,14,16H2,1H3,(H2,30,31,34)/t24-/m1/s1. The lowest BCUT2D eigenvalue weighted by Crippen LogP contribution is -2.53. The maximum Gasteiger partial charge on any atom is 0.319 e. The molecule has 0 spiro atoms. The summed E-state index contributed by atoms with van der Waals surface area (Å²) >= 11 is 5.74. The molecular formula is C26H26ClFN4O4S. The third-order valence-corrected chi connectivity index (χ3v) is 6.86. The van der Waals surface area contributed by atoms with Gasteiger partial charge in [0.15, 0.2) is 0 Å². The molecular weight excluding hydrogens is 519 g/mol. The molecule has 11 heteroatoms. The molecule has 0 aliphatic carbocycles. The van der Waals surface area contributed by atoms with Crippen LogP contribution in [0.1, 0.15) is 18.4 Å². The van der Waals surface area contributed by atoms with Crippen LogP contribution in [0.3, 0.4) is 0 Å². The lowest BCUT2D eigenvalue weighted by atomic mass is 9.98. The maximum absolute atomic E-state index is 14.0. The lowest BCUT2D eigenvalue weighted by Gasteiger charge is -2.32. The van der Waals surface area contributed by atoms with Crippen LogP contribution >= 0.6 is 11.6 Å². The number of carbonyl (C=O) groups excluding carboxylic acids is 2. The number of anilines is 2. The van der Waals surface area contributed by atoms with E-state index < -0.39 is 27.9 Å². The molecule has 4 rings (SSSR count). The van der Waals surface area contributed by atoms with E-state index in [-0.39, 0.29) is 23.2 Å². The van der Waals surface area contributed by atoms with E-state index in [0.717, 1.165) is 29.0 Å². The maximum atomic E-state index is 14.0. The number of carbonyl (C=O) groups is 2. The first-order valence-corrected chi connectivity index (χ1v) is 13.8. The average Bonchev–Trinajstić information content (AvgIpc) is 2.86. The smallest absolute Gasteiger partial charge is 0.319 e. The van der Waals surface area contributed by atoms with Crippen LogP contribution in [0.5, 0.6) is 0 Å². The molecule has 3 aromatic rings. The highest BCUT2D eigenvalue weighted by Gasteiger charge is 2.31. The van der Waals surface area contributed by atoms with Crippen molar-refractivity contribution in [3.8, 4) is 11.1 Å². The monoisotopic (exact) mass is 544 g/mol. The molecule has 0 radical (unpaired) electrons. The number of halogens is 2. The van der Waals surface area contributed by atoms with Crippen LogP contribution in [0.4, 0.5) is 20.6 Å². The zero-order chi connectivity index (χ0) is 26.6. The zero-order valence-corrected chi connectivity index (χ0v) is 21.6. The van der Waals surface area contributed by atoms with Gasteiger partial charge in [-0.05, 0) is 59.9 Å². The van der Waals surface area contributed by atoms with Crippen LogP contribution in [0.25, 0.3) is 11.1 Å². The van der Waals surface area contributed by atoms with Crippen molar-refractivity contribution in [2.24, 2.45) is 0 Å². The molecule has 1 atom stereocenters. The largest absolute Gasteiger partial charge is 0.326 e. The molecule has 194 valence electrons. The fraction of sp³-hybridized carbons (Fsp3) is 0.231. The molecule has 1 aliphatic heterocycles. The highest BCUT2D eigenvalue weighted by atomic mass is 35.5. The summed E-state index contributed by atoms with van der Waals surface area (Å²) in [6, 6.07) is 17.3. The Morgan fingerprint density at radius 3 is 2.54 bits per heavy atom. The summed E-state index contributed by atoms with van der Waals surface area (Å²) in [6.07, 6.45) is 2.25. The van der Waals surface area contributed by atoms with E-state index in [0.29, 0.717) is 25.1 Å². The second kappa shape index (κ2) is 11.3. The minimum absolute atomic E-state index is 0.0374. The Morgan fingerprint density at radius 2 is 1.84 bits per heavy atom. The first-order chi connectivity index (χ1) is 17.6. The van der Waals surface area contributed by atoms with Crippen molar-refractivity contribution in [2.45, 2.75) is 25.4 Å². The number of nitrogens with one attached hydrogen (secondary N) is 3. The summed E-state index contributed by atoms with van der Waals surface area (Å²) in [6.45, 7) is 0.662. The summed E-state index contributed by atoms with van der Waals surface area (Å²) in [5.41, 5.74) is 3.21. The lowest BCUT2D eigenvalue weighted by molar-refractivity contribution is -0.121. The van der Waals surface area contributed by atoms with Crippen molar-refractivity contribution < 1.29 is 22.4 Å². The van der Waals surface area contributed by atoms with Crippen molar-refractivity contribution in [1.29, 1.82) is 0 Å². The molecule has 1 heterocycles. The van der Waals surface area contributed by atoms with Gasteiger partial charge in [0.2, 0.25) is 15.9 Å². The fourth-order valence-electron chi connectivity index (χ4n) is 4.16. The topological polar surface area (TPSA) is 108 Å². The van der Waals surface area contributed by atoms with Gasteiger partial charge in [0.1, 0.15) is 11.9 Å². The van der Waals surface area contributed by atoms with Crippen LogP contribution < -0.4 is 20.3 Å². The van der Waals surface area contributed by atoms with Gasteiger partial charge in [0.05, 0.1) is 11.9 Å². The van der Waals surface area contributed by atoms with Crippen LogP contribution in [0, 0.1) is 5.82 Å². The van der Waals surface area contributed by atoms with E-state index >= 15 is 0 Å². The Labute approximate surface area is 219 Å². The Kier molecular flexibility index (Phi) is 8.11. The molecule has 3 amide bonds. The third-order valence-electron chi connectivity index (χ3n) is 5.96. The van der Waals surface area contributed by atoms with Gasteiger partial charge in [-0.15, -0.1) is 0 Å². The van der Waals surface area contributed by atoms with Gasteiger partial charge in [-0.25, -0.2) is 22.3 Å². The number of hydrogen-bond donors (Lipinski definition) is 3. The van der Waals surface area contributed by atoms with Gasteiger partial charge in [-0.2, -0.15) is 0 Å². The first-order valence-electron chi connectivity index (χ1n) is 11.6. The van der Waals surface area contributed by atoms with Crippen molar-refractivity contribution >= 4 is 44.9 Å². The van der Waals surface area contributed by atoms with E-state index in [1.807, 2.05) is 48.5 Å². The minimum atomic E-state index is -3.34. The van der Waals surface area contributed by atoms with Crippen LogP contribution in [-0.4, -0.2) is 39.2 Å². The molecule has 0 aromatic heterocycles. The third kappa shape index (κ3) is 6.85. The summed E-state index contributed by atoms with van der Waals surface area (Å²) in [7, 11) is -3.34. The van der Waals surface area contributed by atoms with Crippen molar-refractivity contribution in [2.75, 3.05) is 23.0 Å². The molecule has 0 bridgehead atoms. The zero-order valence-electron chi connectivity index (χ0n) is 20.0. The molecule has 1 aliphatic rings. The predicted molar refractivity (Wildman–Crippen MR) is 143 cm³/mol. The normalized spacial score (nSPS) is 15.9. The highest BCUT2D eigenvalue weighted by Crippen LogP contribution is 2.28. The number of nitrogens with zero attached hydrogens (tertiary/aromatic N) is 1. The Hall–Kier alpha value is -3.47. The Bertz CT molecular complexity index is 1420. The fourth-order valence-corrected chi connectivity index (χ4v) is 4.74. The van der Waals surface area contributed by atoms with E-state index in [1.165, 1.54) is 12.1 Å². The van der Waals surface area contributed by atoms with Crippen LogP contribution in [0.15, 0.2) is 66.7 Å². The second-order valence-electron chi connectivity index (χ2n) is 8.70. The summed E-state index contributed by atoms with van der Waals surface area (Å²) in [5, 5.41) is 5.26. The van der Waals surface area contributed by atoms with Gasteiger partial charge in [0.25, 0.3) is 0 Å². The number of urea groups is 1. The van der Waals surface area contributed by atoms with Gasteiger partial charge in [-0.1, -0.05) is 48.0 Å². The second-order valence-corrected chi connectivity index (χ2v) is 11.0. The summed E-state index contributed by atoms with van der Waals surface area (Å²) in [5.74, 6) is -0.934. The number of sulfonamides is 1. The molecule has 37 heavy (non-hydrogen) atoms. The Balaban J connectivity index is 1.44. The number of rotatable bonds is 7. The minimum Gasteiger partial charge on any atom is -0.326 e. The molecule has 3 N–H and O–H groups in total. The van der Waals surface area contributed by atoms with E-state index in [2.05, 4.69) is 15.4 Å². The van der Waals surface area contributed by atoms with Crippen molar-refractivity contribution in [3.63, 3.8) is 0 Å². The number of amides is 3. The number of benzene rings is 3. The van der Waals surface area contributed by atoms with Gasteiger partial charge in [0, 0.05) is 23.8 Å². The number of piperidine rings is 1. The number of hydrogen-bond acceptors (Lipinski definition) is 4. The quantitative estimate of drug-likeness (QED) is 0.406. The van der Waals surface area contributed by atoms with Crippen LogP contribution in [-0.2, 0) is 21.4 Å². The van der Waals surface area contributed by atoms with Crippen molar-refractivity contribution in [3.05, 3.63) is 83.1 Å². The van der Waals surface area contributed by atoms with Gasteiger partial charge >= 0.3 is 6.03 Å². The van der Waals surface area contributed by atoms with Gasteiger partial charge in [-0.3, -0.25) is 4.79 Å².